The van der Waals surface area contributed by atoms with Gasteiger partial charge in [0.25, 0.3) is 0 Å². The van der Waals surface area contributed by atoms with Crippen LogP contribution in [0.15, 0.2) is 42.6 Å². The fourth-order valence-corrected chi connectivity index (χ4v) is 3.80. The molecule has 2 aliphatic heterocycles. The number of amides is 2. The standard InChI is InChI=1S/C19H25N5O2/c1-15-13-23(14-17(15)22-9-11-26-12-10-22)19(25)20-18-7-8-24(21-18)16-5-3-2-4-6-16/h2-8,15,17H,9-14H2,1H3,(H,20,21,25). The maximum Gasteiger partial charge on any atom is 0.323 e. The van der Waals surface area contributed by atoms with Crippen LogP contribution in [0.1, 0.15) is 6.92 Å². The highest BCUT2D eigenvalue weighted by Crippen LogP contribution is 2.23. The van der Waals surface area contributed by atoms with E-state index in [4.69, 9.17) is 4.74 Å². The summed E-state index contributed by atoms with van der Waals surface area (Å²) in [5, 5.41) is 7.38. The number of likely N-dealkylation sites (tertiary alicyclic amines) is 1. The number of benzene rings is 1. The first-order valence-corrected chi connectivity index (χ1v) is 9.19. The Labute approximate surface area is 153 Å². The zero-order chi connectivity index (χ0) is 17.9. The van der Waals surface area contributed by atoms with Crippen molar-refractivity contribution in [2.45, 2.75) is 13.0 Å². The van der Waals surface area contributed by atoms with Crippen LogP contribution in [0.25, 0.3) is 5.69 Å². The molecule has 2 aromatic rings. The first kappa shape index (κ1) is 17.1. The van der Waals surface area contributed by atoms with Crippen LogP contribution >= 0.6 is 0 Å². The summed E-state index contributed by atoms with van der Waals surface area (Å²) in [6.07, 6.45) is 1.86. The van der Waals surface area contributed by atoms with E-state index in [0.29, 0.717) is 17.8 Å². The number of carbonyl (C=O) groups excluding carboxylic acids is 1. The van der Waals surface area contributed by atoms with Crippen molar-refractivity contribution >= 4 is 11.8 Å². The summed E-state index contributed by atoms with van der Waals surface area (Å²) in [7, 11) is 0. The van der Waals surface area contributed by atoms with Gasteiger partial charge in [-0.3, -0.25) is 10.2 Å². The SMILES string of the molecule is CC1CN(C(=O)Nc2ccn(-c3ccccc3)n2)CC1N1CCOCC1. The molecule has 7 nitrogen and oxygen atoms in total. The Balaban J connectivity index is 1.37. The summed E-state index contributed by atoms with van der Waals surface area (Å²) in [5.41, 5.74) is 0.968. The molecule has 0 spiro atoms. The topological polar surface area (TPSA) is 62.6 Å². The Hall–Kier alpha value is -2.38. The number of nitrogens with zero attached hydrogens (tertiary/aromatic N) is 4. The average Bonchev–Trinajstić information content (AvgIpc) is 3.30. The van der Waals surface area contributed by atoms with Crippen molar-refractivity contribution in [3.8, 4) is 5.69 Å². The van der Waals surface area contributed by atoms with Crippen molar-refractivity contribution < 1.29 is 9.53 Å². The second-order valence-electron chi connectivity index (χ2n) is 7.01. The molecular formula is C19H25N5O2. The van der Waals surface area contributed by atoms with Crippen LogP contribution in [0.5, 0.6) is 0 Å². The van der Waals surface area contributed by atoms with Gasteiger partial charge in [-0.2, -0.15) is 0 Å². The number of para-hydroxylation sites is 1. The van der Waals surface area contributed by atoms with Crippen LogP contribution in [0.4, 0.5) is 10.6 Å². The molecule has 1 aromatic carbocycles. The maximum absolute atomic E-state index is 12.7. The van der Waals surface area contributed by atoms with Crippen molar-refractivity contribution in [1.82, 2.24) is 19.6 Å². The molecule has 3 heterocycles. The van der Waals surface area contributed by atoms with Gasteiger partial charge in [0.1, 0.15) is 0 Å². The van der Waals surface area contributed by atoms with Gasteiger partial charge >= 0.3 is 6.03 Å². The molecule has 1 N–H and O–H groups in total. The molecule has 2 unspecified atom stereocenters. The second kappa shape index (κ2) is 7.47. The van der Waals surface area contributed by atoms with Crippen molar-refractivity contribution in [3.63, 3.8) is 0 Å². The minimum Gasteiger partial charge on any atom is -0.379 e. The lowest BCUT2D eigenvalue weighted by Gasteiger charge is -2.33. The molecule has 0 radical (unpaired) electrons. The van der Waals surface area contributed by atoms with Crippen molar-refractivity contribution in [1.29, 1.82) is 0 Å². The smallest absolute Gasteiger partial charge is 0.323 e. The molecule has 2 amide bonds. The molecule has 138 valence electrons. The molecule has 4 rings (SSSR count). The summed E-state index contributed by atoms with van der Waals surface area (Å²) in [6.45, 7) is 7.22. The number of rotatable bonds is 3. The van der Waals surface area contributed by atoms with E-state index >= 15 is 0 Å². The number of morpholine rings is 1. The van der Waals surface area contributed by atoms with Gasteiger partial charge in [0, 0.05) is 44.5 Å². The lowest BCUT2D eigenvalue weighted by Crippen LogP contribution is -2.47. The number of carbonyl (C=O) groups is 1. The minimum atomic E-state index is -0.0779. The van der Waals surface area contributed by atoms with Crippen LogP contribution in [0.2, 0.25) is 0 Å². The predicted octanol–water partition coefficient (Wildman–Crippen LogP) is 2.06. The third-order valence-electron chi connectivity index (χ3n) is 5.22. The number of hydrogen-bond acceptors (Lipinski definition) is 4. The molecule has 0 bridgehead atoms. The summed E-state index contributed by atoms with van der Waals surface area (Å²) in [6, 6.07) is 12.0. The predicted molar refractivity (Wildman–Crippen MR) is 99.5 cm³/mol. The first-order valence-electron chi connectivity index (χ1n) is 9.19. The summed E-state index contributed by atoms with van der Waals surface area (Å²) in [5.74, 6) is 1.03. The monoisotopic (exact) mass is 355 g/mol. The van der Waals surface area contributed by atoms with E-state index in [1.165, 1.54) is 0 Å². The number of ether oxygens (including phenoxy) is 1. The number of hydrogen-bond donors (Lipinski definition) is 1. The second-order valence-corrected chi connectivity index (χ2v) is 7.01. The number of urea groups is 1. The maximum atomic E-state index is 12.7. The van der Waals surface area contributed by atoms with Gasteiger partial charge in [0.15, 0.2) is 5.82 Å². The molecule has 2 atom stereocenters. The highest BCUT2D eigenvalue weighted by molar-refractivity contribution is 5.88. The van der Waals surface area contributed by atoms with E-state index in [1.54, 1.807) is 4.68 Å². The molecular weight excluding hydrogens is 330 g/mol. The molecule has 2 fully saturated rings. The Morgan fingerprint density at radius 1 is 1.15 bits per heavy atom. The lowest BCUT2D eigenvalue weighted by atomic mass is 10.0. The van der Waals surface area contributed by atoms with Crippen LogP contribution in [-0.2, 0) is 4.74 Å². The first-order chi connectivity index (χ1) is 12.7. The van der Waals surface area contributed by atoms with Crippen LogP contribution in [-0.4, -0.2) is 71.0 Å². The third kappa shape index (κ3) is 3.59. The zero-order valence-electron chi connectivity index (χ0n) is 15.0. The molecule has 0 aliphatic carbocycles. The largest absolute Gasteiger partial charge is 0.379 e. The Morgan fingerprint density at radius 2 is 1.92 bits per heavy atom. The summed E-state index contributed by atoms with van der Waals surface area (Å²) in [4.78, 5) is 17.0. The van der Waals surface area contributed by atoms with Gasteiger partial charge in [0.05, 0.1) is 18.9 Å². The van der Waals surface area contributed by atoms with Crippen molar-refractivity contribution in [2.75, 3.05) is 44.7 Å². The van der Waals surface area contributed by atoms with E-state index in [0.717, 1.165) is 45.1 Å². The van der Waals surface area contributed by atoms with Crippen LogP contribution < -0.4 is 5.32 Å². The highest BCUT2D eigenvalue weighted by Gasteiger charge is 2.36. The number of nitrogens with one attached hydrogen (secondary N) is 1. The zero-order valence-corrected chi connectivity index (χ0v) is 15.0. The van der Waals surface area contributed by atoms with Crippen molar-refractivity contribution in [2.24, 2.45) is 5.92 Å². The Kier molecular flexibility index (Phi) is 4.90. The van der Waals surface area contributed by atoms with E-state index in [1.807, 2.05) is 47.5 Å². The third-order valence-corrected chi connectivity index (χ3v) is 5.22. The molecule has 1 aromatic heterocycles. The van der Waals surface area contributed by atoms with Gasteiger partial charge in [-0.05, 0) is 18.1 Å². The van der Waals surface area contributed by atoms with Gasteiger partial charge in [-0.25, -0.2) is 9.48 Å². The minimum absolute atomic E-state index is 0.0779. The summed E-state index contributed by atoms with van der Waals surface area (Å²) < 4.78 is 7.20. The lowest BCUT2D eigenvalue weighted by molar-refractivity contribution is 0.0123. The normalized spacial score (nSPS) is 24.0. The Morgan fingerprint density at radius 3 is 2.69 bits per heavy atom. The fourth-order valence-electron chi connectivity index (χ4n) is 3.80. The van der Waals surface area contributed by atoms with Gasteiger partial charge in [-0.15, -0.1) is 5.10 Å². The molecule has 2 aliphatic rings. The molecule has 0 saturated carbocycles. The van der Waals surface area contributed by atoms with Gasteiger partial charge in [-0.1, -0.05) is 25.1 Å². The number of aromatic nitrogens is 2. The van der Waals surface area contributed by atoms with Crippen LogP contribution in [0, 0.1) is 5.92 Å². The van der Waals surface area contributed by atoms with Gasteiger partial charge in [0.2, 0.25) is 0 Å². The fraction of sp³-hybridized carbons (Fsp3) is 0.474. The summed E-state index contributed by atoms with van der Waals surface area (Å²) >= 11 is 0. The molecule has 2 saturated heterocycles. The van der Waals surface area contributed by atoms with Crippen molar-refractivity contribution in [3.05, 3.63) is 42.6 Å². The molecule has 26 heavy (non-hydrogen) atoms. The molecule has 7 heteroatoms. The highest BCUT2D eigenvalue weighted by atomic mass is 16.5. The Bertz CT molecular complexity index is 741. The van der Waals surface area contributed by atoms with Crippen LogP contribution in [0.3, 0.4) is 0 Å². The number of anilines is 1. The average molecular weight is 355 g/mol. The van der Waals surface area contributed by atoms with E-state index < -0.39 is 0 Å². The van der Waals surface area contributed by atoms with Gasteiger partial charge < -0.3 is 9.64 Å². The quantitative estimate of drug-likeness (QED) is 0.915. The van der Waals surface area contributed by atoms with E-state index in [9.17, 15) is 4.79 Å². The van der Waals surface area contributed by atoms with E-state index in [-0.39, 0.29) is 6.03 Å². The van der Waals surface area contributed by atoms with E-state index in [2.05, 4.69) is 22.2 Å².